The third-order valence-electron chi connectivity index (χ3n) is 5.50. The van der Waals surface area contributed by atoms with Crippen LogP contribution in [0.3, 0.4) is 0 Å². The van der Waals surface area contributed by atoms with Crippen molar-refractivity contribution in [3.63, 3.8) is 0 Å². The average Bonchev–Trinajstić information content (AvgIpc) is 2.64. The van der Waals surface area contributed by atoms with Crippen LogP contribution in [0.15, 0.2) is 24.3 Å². The fourth-order valence-electron chi connectivity index (χ4n) is 3.94. The van der Waals surface area contributed by atoms with Gasteiger partial charge in [0.2, 0.25) is 5.91 Å². The lowest BCUT2D eigenvalue weighted by Crippen LogP contribution is -2.45. The normalized spacial score (nSPS) is 24.2. The van der Waals surface area contributed by atoms with Gasteiger partial charge in [0.05, 0.1) is 19.3 Å². The number of hydrogen-bond donors (Lipinski definition) is 2. The van der Waals surface area contributed by atoms with E-state index in [1.165, 1.54) is 11.1 Å². The summed E-state index contributed by atoms with van der Waals surface area (Å²) in [5, 5.41) is 3.21. The van der Waals surface area contributed by atoms with Crippen LogP contribution in [-0.4, -0.2) is 49.7 Å². The number of halogens is 2. The SMILES string of the molecule is Cc1ccc(C(CNC(=O)C2CCCC(N)C2)N2CCOCC2)cc1.Cl.Cl. The molecule has 0 bridgehead atoms. The Morgan fingerprint density at radius 2 is 1.89 bits per heavy atom. The van der Waals surface area contributed by atoms with Crippen LogP contribution in [0.25, 0.3) is 0 Å². The fraction of sp³-hybridized carbons (Fsp3) is 0.650. The third-order valence-corrected chi connectivity index (χ3v) is 5.50. The van der Waals surface area contributed by atoms with Gasteiger partial charge in [0.15, 0.2) is 0 Å². The second kappa shape index (κ2) is 11.9. The van der Waals surface area contributed by atoms with Crippen LogP contribution in [-0.2, 0) is 9.53 Å². The standard InChI is InChI=1S/C20H31N3O2.2ClH/c1-15-5-7-16(8-6-15)19(23-9-11-25-12-10-23)14-22-20(24)17-3-2-4-18(21)13-17;;/h5-8,17-19H,2-4,9-14,21H2,1H3,(H,22,24);2*1H. The number of nitrogens with one attached hydrogen (secondary N) is 1. The van der Waals surface area contributed by atoms with Crippen molar-refractivity contribution in [1.29, 1.82) is 0 Å². The molecule has 0 aromatic heterocycles. The first kappa shape index (κ1) is 24.2. The zero-order chi connectivity index (χ0) is 17.6. The summed E-state index contributed by atoms with van der Waals surface area (Å²) in [7, 11) is 0. The average molecular weight is 418 g/mol. The van der Waals surface area contributed by atoms with Gasteiger partial charge in [-0.1, -0.05) is 36.2 Å². The molecule has 1 saturated carbocycles. The number of nitrogens with zero attached hydrogens (tertiary/aromatic N) is 1. The molecule has 3 atom stereocenters. The molecule has 3 rings (SSSR count). The van der Waals surface area contributed by atoms with Crippen molar-refractivity contribution in [3.8, 4) is 0 Å². The lowest BCUT2D eigenvalue weighted by Gasteiger charge is -2.35. The molecule has 0 radical (unpaired) electrons. The fourth-order valence-corrected chi connectivity index (χ4v) is 3.94. The number of rotatable bonds is 5. The number of aryl methyl sites for hydroxylation is 1. The molecule has 2 aliphatic rings. The largest absolute Gasteiger partial charge is 0.379 e. The topological polar surface area (TPSA) is 67.6 Å². The highest BCUT2D eigenvalue weighted by Gasteiger charge is 2.27. The van der Waals surface area contributed by atoms with Crippen molar-refractivity contribution in [2.75, 3.05) is 32.8 Å². The second-order valence-electron chi connectivity index (χ2n) is 7.44. The maximum atomic E-state index is 12.6. The molecule has 3 N–H and O–H groups in total. The van der Waals surface area contributed by atoms with Crippen LogP contribution in [0.4, 0.5) is 0 Å². The van der Waals surface area contributed by atoms with E-state index in [4.69, 9.17) is 10.5 Å². The summed E-state index contributed by atoms with van der Waals surface area (Å²) in [6.07, 6.45) is 3.89. The summed E-state index contributed by atoms with van der Waals surface area (Å²) < 4.78 is 5.49. The molecule has 0 spiro atoms. The summed E-state index contributed by atoms with van der Waals surface area (Å²) in [6, 6.07) is 9.02. The van der Waals surface area contributed by atoms with Gasteiger partial charge < -0.3 is 15.8 Å². The zero-order valence-corrected chi connectivity index (χ0v) is 17.7. The number of nitrogens with two attached hydrogens (primary N) is 1. The molecule has 5 nitrogen and oxygen atoms in total. The van der Waals surface area contributed by atoms with Gasteiger partial charge >= 0.3 is 0 Å². The summed E-state index contributed by atoms with van der Waals surface area (Å²) in [6.45, 7) is 6.07. The maximum absolute atomic E-state index is 12.6. The first-order chi connectivity index (χ1) is 12.1. The smallest absolute Gasteiger partial charge is 0.223 e. The molecular formula is C20H33Cl2N3O2. The van der Waals surface area contributed by atoms with Crippen molar-refractivity contribution >= 4 is 30.7 Å². The van der Waals surface area contributed by atoms with Crippen molar-refractivity contribution < 1.29 is 9.53 Å². The van der Waals surface area contributed by atoms with Gasteiger partial charge in [0, 0.05) is 31.6 Å². The minimum atomic E-state index is 0. The number of hydrogen-bond acceptors (Lipinski definition) is 4. The van der Waals surface area contributed by atoms with Gasteiger partial charge in [0.1, 0.15) is 0 Å². The molecule has 27 heavy (non-hydrogen) atoms. The quantitative estimate of drug-likeness (QED) is 0.772. The molecule has 1 aliphatic heterocycles. The van der Waals surface area contributed by atoms with Crippen LogP contribution in [0, 0.1) is 12.8 Å². The van der Waals surface area contributed by atoms with E-state index in [9.17, 15) is 4.79 Å². The molecule has 1 aliphatic carbocycles. The lowest BCUT2D eigenvalue weighted by atomic mass is 9.85. The van der Waals surface area contributed by atoms with Crippen LogP contribution in [0.1, 0.15) is 42.9 Å². The minimum Gasteiger partial charge on any atom is -0.379 e. The van der Waals surface area contributed by atoms with Crippen LogP contribution < -0.4 is 11.1 Å². The molecule has 154 valence electrons. The zero-order valence-electron chi connectivity index (χ0n) is 16.1. The van der Waals surface area contributed by atoms with Crippen LogP contribution in [0.2, 0.25) is 0 Å². The molecule has 1 saturated heterocycles. The monoisotopic (exact) mass is 417 g/mol. The summed E-state index contributed by atoms with van der Waals surface area (Å²) in [5.74, 6) is 0.243. The Balaban J connectivity index is 0.00000182. The number of ether oxygens (including phenoxy) is 1. The molecule has 1 aromatic carbocycles. The predicted molar refractivity (Wildman–Crippen MR) is 114 cm³/mol. The van der Waals surface area contributed by atoms with Gasteiger partial charge in [-0.05, 0) is 31.7 Å². The maximum Gasteiger partial charge on any atom is 0.223 e. The van der Waals surface area contributed by atoms with Crippen LogP contribution in [0.5, 0.6) is 0 Å². The van der Waals surface area contributed by atoms with Gasteiger partial charge in [-0.2, -0.15) is 0 Å². The summed E-state index contributed by atoms with van der Waals surface area (Å²) >= 11 is 0. The molecular weight excluding hydrogens is 385 g/mol. The Bertz CT molecular complexity index is 565. The first-order valence-electron chi connectivity index (χ1n) is 9.55. The highest BCUT2D eigenvalue weighted by Crippen LogP contribution is 2.25. The van der Waals surface area contributed by atoms with Gasteiger partial charge in [-0.15, -0.1) is 24.8 Å². The van der Waals surface area contributed by atoms with Crippen molar-refractivity contribution in [1.82, 2.24) is 10.2 Å². The Morgan fingerprint density at radius 1 is 1.22 bits per heavy atom. The van der Waals surface area contributed by atoms with E-state index in [-0.39, 0.29) is 48.7 Å². The number of carbonyl (C=O) groups is 1. The first-order valence-corrected chi connectivity index (χ1v) is 9.55. The summed E-state index contributed by atoms with van der Waals surface area (Å²) in [5.41, 5.74) is 8.55. The van der Waals surface area contributed by atoms with Gasteiger partial charge in [-0.3, -0.25) is 9.69 Å². The van der Waals surface area contributed by atoms with Crippen molar-refractivity contribution in [2.24, 2.45) is 11.7 Å². The van der Waals surface area contributed by atoms with Crippen molar-refractivity contribution in [2.45, 2.75) is 44.7 Å². The van der Waals surface area contributed by atoms with E-state index in [1.807, 2.05) is 0 Å². The highest BCUT2D eigenvalue weighted by molar-refractivity contribution is 5.85. The Hall–Kier alpha value is -0.850. The van der Waals surface area contributed by atoms with E-state index < -0.39 is 0 Å². The number of carbonyl (C=O) groups excluding carboxylic acids is 1. The second-order valence-corrected chi connectivity index (χ2v) is 7.44. The highest BCUT2D eigenvalue weighted by atomic mass is 35.5. The predicted octanol–water partition coefficient (Wildman–Crippen LogP) is 2.85. The third kappa shape index (κ3) is 6.91. The Kier molecular flexibility index (Phi) is 10.6. The van der Waals surface area contributed by atoms with Crippen molar-refractivity contribution in [3.05, 3.63) is 35.4 Å². The molecule has 3 unspecified atom stereocenters. The van der Waals surface area contributed by atoms with E-state index in [0.29, 0.717) is 6.54 Å². The lowest BCUT2D eigenvalue weighted by molar-refractivity contribution is -0.126. The Labute approximate surface area is 175 Å². The van der Waals surface area contributed by atoms with Gasteiger partial charge in [0.25, 0.3) is 0 Å². The van der Waals surface area contributed by atoms with E-state index in [1.54, 1.807) is 0 Å². The van der Waals surface area contributed by atoms with E-state index in [2.05, 4.69) is 41.4 Å². The minimum absolute atomic E-state index is 0. The number of benzene rings is 1. The summed E-state index contributed by atoms with van der Waals surface area (Å²) in [4.78, 5) is 15.0. The molecule has 7 heteroatoms. The van der Waals surface area contributed by atoms with E-state index >= 15 is 0 Å². The molecule has 1 amide bonds. The van der Waals surface area contributed by atoms with Gasteiger partial charge in [-0.25, -0.2) is 0 Å². The molecule has 1 aromatic rings. The Morgan fingerprint density at radius 3 is 2.52 bits per heavy atom. The van der Waals surface area contributed by atoms with E-state index in [0.717, 1.165) is 52.0 Å². The molecule has 2 fully saturated rings. The molecule has 1 heterocycles. The van der Waals surface area contributed by atoms with Crippen LogP contribution >= 0.6 is 24.8 Å². The number of amides is 1. The number of morpholine rings is 1.